The Labute approximate surface area is 194 Å². The van der Waals surface area contributed by atoms with E-state index in [4.69, 9.17) is 4.74 Å². The SMILES string of the molecule is Cc1cc(C(=O)Nc2cccc(OCc3cccnc3)c2)c2cnn(Cc3cccs3)c2n1. The van der Waals surface area contributed by atoms with Gasteiger partial charge in [-0.1, -0.05) is 18.2 Å². The molecule has 8 heteroatoms. The Bertz CT molecular complexity index is 1400. The largest absolute Gasteiger partial charge is 0.489 e. The second-order valence-corrected chi connectivity index (χ2v) is 8.59. The molecule has 1 amide bonds. The molecule has 0 fully saturated rings. The zero-order valence-corrected chi connectivity index (χ0v) is 18.7. The summed E-state index contributed by atoms with van der Waals surface area (Å²) in [5.74, 6) is 0.446. The number of ether oxygens (including phenoxy) is 1. The molecule has 0 radical (unpaired) electrons. The molecule has 0 atom stereocenters. The van der Waals surface area contributed by atoms with Crippen LogP contribution in [0.15, 0.2) is 78.6 Å². The minimum atomic E-state index is -0.217. The van der Waals surface area contributed by atoms with Crippen LogP contribution in [-0.4, -0.2) is 25.7 Å². The van der Waals surface area contributed by atoms with E-state index in [0.717, 1.165) is 16.6 Å². The van der Waals surface area contributed by atoms with Gasteiger partial charge in [0.15, 0.2) is 5.65 Å². The van der Waals surface area contributed by atoms with E-state index >= 15 is 0 Å². The number of anilines is 1. The number of hydrogen-bond donors (Lipinski definition) is 1. The quantitative estimate of drug-likeness (QED) is 0.370. The van der Waals surface area contributed by atoms with Crippen molar-refractivity contribution in [1.82, 2.24) is 19.7 Å². The molecular formula is C25H21N5O2S. The highest BCUT2D eigenvalue weighted by atomic mass is 32.1. The van der Waals surface area contributed by atoms with E-state index in [2.05, 4.69) is 26.4 Å². The summed E-state index contributed by atoms with van der Waals surface area (Å²) in [6.45, 7) is 2.90. The van der Waals surface area contributed by atoms with Gasteiger partial charge in [0.25, 0.3) is 5.91 Å². The molecule has 5 aromatic rings. The Balaban J connectivity index is 1.35. The van der Waals surface area contributed by atoms with Gasteiger partial charge in [-0.3, -0.25) is 9.78 Å². The second-order valence-electron chi connectivity index (χ2n) is 7.56. The standard InChI is InChI=1S/C25H21N5O2S/c1-17-11-22(23-14-27-30(24(23)28-17)15-21-8-4-10-33-21)25(31)29-19-6-2-7-20(12-19)32-16-18-5-3-9-26-13-18/h2-14H,15-16H2,1H3,(H,29,31). The maximum Gasteiger partial charge on any atom is 0.256 e. The van der Waals surface area contributed by atoms with Crippen LogP contribution in [0, 0.1) is 6.92 Å². The summed E-state index contributed by atoms with van der Waals surface area (Å²) in [4.78, 5) is 23.1. The lowest BCUT2D eigenvalue weighted by Crippen LogP contribution is -2.13. The van der Waals surface area contributed by atoms with E-state index in [0.29, 0.717) is 35.8 Å². The maximum atomic E-state index is 13.2. The van der Waals surface area contributed by atoms with Gasteiger partial charge in [-0.2, -0.15) is 5.10 Å². The van der Waals surface area contributed by atoms with Gasteiger partial charge in [0.05, 0.1) is 23.7 Å². The molecule has 0 aliphatic rings. The Morgan fingerprint density at radius 3 is 2.88 bits per heavy atom. The highest BCUT2D eigenvalue weighted by molar-refractivity contribution is 7.09. The van der Waals surface area contributed by atoms with Crippen LogP contribution in [-0.2, 0) is 13.2 Å². The molecule has 33 heavy (non-hydrogen) atoms. The molecule has 0 aliphatic carbocycles. The molecule has 4 heterocycles. The number of carbonyl (C=O) groups is 1. The molecule has 1 N–H and O–H groups in total. The van der Waals surface area contributed by atoms with Crippen molar-refractivity contribution in [3.8, 4) is 5.75 Å². The van der Waals surface area contributed by atoms with Crippen molar-refractivity contribution in [3.63, 3.8) is 0 Å². The summed E-state index contributed by atoms with van der Waals surface area (Å²) in [5.41, 5.74) is 3.62. The maximum absolute atomic E-state index is 13.2. The first kappa shape index (κ1) is 20.8. The first-order valence-corrected chi connectivity index (χ1v) is 11.3. The molecule has 0 unspecified atom stereocenters. The van der Waals surface area contributed by atoms with Gasteiger partial charge in [0.2, 0.25) is 0 Å². The summed E-state index contributed by atoms with van der Waals surface area (Å²) in [6.07, 6.45) is 5.20. The smallest absolute Gasteiger partial charge is 0.256 e. The Morgan fingerprint density at radius 1 is 1.12 bits per heavy atom. The average molecular weight is 456 g/mol. The fourth-order valence-corrected chi connectivity index (χ4v) is 4.22. The number of rotatable bonds is 7. The Morgan fingerprint density at radius 2 is 2.06 bits per heavy atom. The van der Waals surface area contributed by atoms with Crippen LogP contribution in [0.1, 0.15) is 26.5 Å². The predicted octanol–water partition coefficient (Wildman–Crippen LogP) is 5.08. The van der Waals surface area contributed by atoms with Gasteiger partial charge >= 0.3 is 0 Å². The van der Waals surface area contributed by atoms with Crippen LogP contribution < -0.4 is 10.1 Å². The lowest BCUT2D eigenvalue weighted by atomic mass is 10.1. The first-order chi connectivity index (χ1) is 16.2. The van der Waals surface area contributed by atoms with Crippen molar-refractivity contribution in [2.24, 2.45) is 0 Å². The summed E-state index contributed by atoms with van der Waals surface area (Å²) in [5, 5.41) is 10.2. The number of thiophene rings is 1. The van der Waals surface area contributed by atoms with Gasteiger partial charge in [0, 0.05) is 40.3 Å². The monoisotopic (exact) mass is 455 g/mol. The number of aryl methyl sites for hydroxylation is 1. The number of nitrogens with zero attached hydrogens (tertiary/aromatic N) is 4. The Hall–Kier alpha value is -4.04. The highest BCUT2D eigenvalue weighted by Gasteiger charge is 2.16. The third-order valence-corrected chi connectivity index (χ3v) is 5.95. The molecule has 5 rings (SSSR count). The second kappa shape index (κ2) is 9.22. The van der Waals surface area contributed by atoms with Gasteiger partial charge in [-0.25, -0.2) is 9.67 Å². The predicted molar refractivity (Wildman–Crippen MR) is 129 cm³/mol. The van der Waals surface area contributed by atoms with E-state index in [1.807, 2.05) is 53.4 Å². The first-order valence-electron chi connectivity index (χ1n) is 10.4. The number of pyridine rings is 2. The lowest BCUT2D eigenvalue weighted by Gasteiger charge is -2.10. The zero-order valence-electron chi connectivity index (χ0n) is 17.9. The van der Waals surface area contributed by atoms with E-state index in [1.165, 1.54) is 4.88 Å². The minimum Gasteiger partial charge on any atom is -0.489 e. The Kier molecular flexibility index (Phi) is 5.82. The average Bonchev–Trinajstić information content (AvgIpc) is 3.49. The normalized spacial score (nSPS) is 10.9. The topological polar surface area (TPSA) is 81.9 Å². The highest BCUT2D eigenvalue weighted by Crippen LogP contribution is 2.23. The number of aromatic nitrogens is 4. The molecule has 0 bridgehead atoms. The van der Waals surface area contributed by atoms with Crippen molar-refractivity contribution < 1.29 is 9.53 Å². The minimum absolute atomic E-state index is 0.217. The van der Waals surface area contributed by atoms with E-state index in [1.54, 1.807) is 42.1 Å². The molecule has 1 aromatic carbocycles. The summed E-state index contributed by atoms with van der Waals surface area (Å²) in [6, 6.07) is 17.0. The van der Waals surface area contributed by atoms with Crippen molar-refractivity contribution >= 4 is 34.0 Å². The van der Waals surface area contributed by atoms with Crippen molar-refractivity contribution in [2.75, 3.05) is 5.32 Å². The molecule has 0 saturated carbocycles. The molecule has 0 saturated heterocycles. The van der Waals surface area contributed by atoms with Crippen molar-refractivity contribution in [2.45, 2.75) is 20.1 Å². The molecule has 7 nitrogen and oxygen atoms in total. The van der Waals surface area contributed by atoms with Crippen molar-refractivity contribution in [3.05, 3.63) is 100 Å². The molecule has 164 valence electrons. The summed E-state index contributed by atoms with van der Waals surface area (Å²) in [7, 11) is 0. The number of nitrogens with one attached hydrogen (secondary N) is 1. The number of hydrogen-bond acceptors (Lipinski definition) is 6. The van der Waals surface area contributed by atoms with Crippen LogP contribution in [0.4, 0.5) is 5.69 Å². The molecule has 0 spiro atoms. The van der Waals surface area contributed by atoms with E-state index in [9.17, 15) is 4.79 Å². The van der Waals surface area contributed by atoms with Crippen LogP contribution >= 0.6 is 11.3 Å². The zero-order chi connectivity index (χ0) is 22.6. The molecule has 0 aliphatic heterocycles. The number of benzene rings is 1. The van der Waals surface area contributed by atoms with Gasteiger partial charge < -0.3 is 10.1 Å². The van der Waals surface area contributed by atoms with Crippen molar-refractivity contribution in [1.29, 1.82) is 0 Å². The van der Waals surface area contributed by atoms with Crippen LogP contribution in [0.3, 0.4) is 0 Å². The molecular weight excluding hydrogens is 434 g/mol. The fraction of sp³-hybridized carbons (Fsp3) is 0.120. The lowest BCUT2D eigenvalue weighted by molar-refractivity contribution is 0.102. The summed E-state index contributed by atoms with van der Waals surface area (Å²) >= 11 is 1.67. The van der Waals surface area contributed by atoms with Gasteiger partial charge in [-0.15, -0.1) is 11.3 Å². The van der Waals surface area contributed by atoms with Crippen LogP contribution in [0.2, 0.25) is 0 Å². The summed E-state index contributed by atoms with van der Waals surface area (Å²) < 4.78 is 7.68. The number of fused-ring (bicyclic) bond motifs is 1. The number of amides is 1. The van der Waals surface area contributed by atoms with E-state index < -0.39 is 0 Å². The third kappa shape index (κ3) is 4.75. The van der Waals surface area contributed by atoms with E-state index in [-0.39, 0.29) is 5.91 Å². The van der Waals surface area contributed by atoms with Crippen LogP contribution in [0.5, 0.6) is 5.75 Å². The van der Waals surface area contributed by atoms with Gasteiger partial charge in [-0.05, 0) is 42.6 Å². The fourth-order valence-electron chi connectivity index (χ4n) is 3.54. The molecule has 4 aromatic heterocycles. The number of carbonyl (C=O) groups excluding carboxylic acids is 1. The van der Waals surface area contributed by atoms with Crippen LogP contribution in [0.25, 0.3) is 11.0 Å². The third-order valence-electron chi connectivity index (χ3n) is 5.09. The van der Waals surface area contributed by atoms with Gasteiger partial charge in [0.1, 0.15) is 12.4 Å².